The molecule has 0 aliphatic carbocycles. The summed E-state index contributed by atoms with van der Waals surface area (Å²) in [5.41, 5.74) is 1.66. The van der Waals surface area contributed by atoms with Gasteiger partial charge in [0.2, 0.25) is 0 Å². The van der Waals surface area contributed by atoms with Crippen LogP contribution in [0, 0.1) is 0 Å². The number of fused-ring (bicyclic) bond motifs is 2. The number of alkyl halides is 6. The van der Waals surface area contributed by atoms with E-state index in [0.29, 0.717) is 33.5 Å². The minimum Gasteiger partial charge on any atom is -0.442 e. The number of rotatable bonds is 10. The predicted molar refractivity (Wildman–Crippen MR) is 251 cm³/mol. The Morgan fingerprint density at radius 1 is 0.671 bits per heavy atom. The fourth-order valence-corrected chi connectivity index (χ4v) is 6.83. The Morgan fingerprint density at radius 3 is 1.53 bits per heavy atom. The molecule has 0 saturated heterocycles. The molecule has 0 saturated carbocycles. The molecule has 26 heteroatoms. The second-order valence-electron chi connectivity index (χ2n) is 16.7. The van der Waals surface area contributed by atoms with E-state index in [0.717, 1.165) is 42.2 Å². The second kappa shape index (κ2) is 22.2. The van der Waals surface area contributed by atoms with Gasteiger partial charge in [-0.3, -0.25) is 23.8 Å². The van der Waals surface area contributed by atoms with Crippen LogP contribution in [-0.2, 0) is 9.47 Å². The Bertz CT molecular complexity index is 3080. The summed E-state index contributed by atoms with van der Waals surface area (Å²) in [6, 6.07) is 11.0. The van der Waals surface area contributed by atoms with Crippen molar-refractivity contribution in [2.24, 2.45) is 0 Å². The van der Waals surface area contributed by atoms with Gasteiger partial charge in [0.05, 0.1) is 12.4 Å². The van der Waals surface area contributed by atoms with Gasteiger partial charge in [0, 0.05) is 79.7 Å². The minimum absolute atomic E-state index is 0. The Kier molecular flexibility index (Phi) is 17.4. The smallest absolute Gasteiger partial charge is 0.442 e. The van der Waals surface area contributed by atoms with Crippen LogP contribution >= 0.6 is 0 Å². The van der Waals surface area contributed by atoms with Crippen molar-refractivity contribution < 1.29 is 50.1 Å². The molecule has 0 spiro atoms. The first-order valence-corrected chi connectivity index (χ1v) is 24.1. The Morgan fingerprint density at radius 2 is 1.13 bits per heavy atom. The first kappa shape index (κ1) is 55.0. The third kappa shape index (κ3) is 14.5. The first-order valence-electron chi connectivity index (χ1n) is 20.4. The van der Waals surface area contributed by atoms with E-state index in [1.54, 1.807) is 33.2 Å². The van der Waals surface area contributed by atoms with Crippen molar-refractivity contribution in [2.45, 2.75) is 86.6 Å². The monoisotopic (exact) mass is 1000 g/mol. The third-order valence-electron chi connectivity index (χ3n) is 9.15. The summed E-state index contributed by atoms with van der Waals surface area (Å²) < 4.78 is 95.8. The standard InChI is InChI=1S/C20H17F3N6O4.C15H9F3N6O2.C7H18OSi.2CH4/c1-19(2,3)33-18(31)29-9-11(8-24-29)14-10-28(17(30)16-15(14)25-27-26-16)12-4-6-13(7-5-12)32-20(21,22)23;16-15(17,18)26-10-3-1-9(2-4-10)24-7-11(8-5-19-20-6-8)12-13(14(24)25)22-23-21-12;1-5-8-6-7-9(2,3)4;;/h4-10H,1-3H3,(H,25,26,27);1-7H,(H,19,20)(H,21,22,23);5-7H2,1-4H3;2*1H4. The van der Waals surface area contributed by atoms with Crippen molar-refractivity contribution in [1.82, 2.24) is 59.9 Å². The average molecular weight is 1000 g/mol. The molecule has 2 aromatic carbocycles. The van der Waals surface area contributed by atoms with E-state index in [1.165, 1.54) is 64.2 Å². The summed E-state index contributed by atoms with van der Waals surface area (Å²) in [5, 5.41) is 31.1. The van der Waals surface area contributed by atoms with Crippen LogP contribution in [0.2, 0.25) is 25.7 Å². The molecule has 0 unspecified atom stereocenters. The number of pyridine rings is 2. The summed E-state index contributed by atoms with van der Waals surface area (Å²) >= 11 is 0. The maximum Gasteiger partial charge on any atom is 0.573 e. The highest BCUT2D eigenvalue weighted by molar-refractivity contribution is 6.76. The predicted octanol–water partition coefficient (Wildman–Crippen LogP) is 9.68. The molecule has 3 N–H and O–H groups in total. The van der Waals surface area contributed by atoms with Gasteiger partial charge in [-0.05, 0) is 82.3 Å². The van der Waals surface area contributed by atoms with E-state index in [2.05, 4.69) is 75.2 Å². The molecule has 0 aliphatic rings. The van der Waals surface area contributed by atoms with Crippen LogP contribution in [0.1, 0.15) is 42.5 Å². The lowest BCUT2D eigenvalue weighted by atomic mass is 10.1. The minimum atomic E-state index is -4.83. The van der Waals surface area contributed by atoms with Crippen molar-refractivity contribution >= 4 is 36.2 Å². The van der Waals surface area contributed by atoms with Gasteiger partial charge in [0.1, 0.15) is 28.1 Å². The summed E-state index contributed by atoms with van der Waals surface area (Å²) in [6.07, 6.45) is -1.38. The van der Waals surface area contributed by atoms with E-state index in [-0.39, 0.29) is 42.8 Å². The van der Waals surface area contributed by atoms with E-state index in [4.69, 9.17) is 9.47 Å². The number of carbonyl (C=O) groups excluding carboxylic acids is 1. The van der Waals surface area contributed by atoms with Gasteiger partial charge in [-0.15, -0.1) is 26.3 Å². The highest BCUT2D eigenvalue weighted by atomic mass is 28.3. The van der Waals surface area contributed by atoms with Gasteiger partial charge in [-0.1, -0.05) is 34.5 Å². The largest absolute Gasteiger partial charge is 0.573 e. The van der Waals surface area contributed by atoms with Gasteiger partial charge >= 0.3 is 18.8 Å². The van der Waals surface area contributed by atoms with Crippen LogP contribution in [0.5, 0.6) is 11.5 Å². The van der Waals surface area contributed by atoms with Crippen molar-refractivity contribution in [3.8, 4) is 45.1 Å². The number of halogens is 6. The molecule has 0 bridgehead atoms. The van der Waals surface area contributed by atoms with Crippen LogP contribution in [0.4, 0.5) is 31.1 Å². The van der Waals surface area contributed by atoms with Gasteiger partial charge in [-0.25, -0.2) is 4.79 Å². The quantitative estimate of drug-likeness (QED) is 0.0659. The molecule has 0 atom stereocenters. The molecule has 376 valence electrons. The lowest BCUT2D eigenvalue weighted by molar-refractivity contribution is -0.275. The Hall–Kier alpha value is -7.61. The fraction of sp³-hybridized carbons (Fsp3) is 0.341. The van der Waals surface area contributed by atoms with Crippen LogP contribution in [-0.4, -0.2) is 106 Å². The van der Waals surface area contributed by atoms with Crippen LogP contribution in [0.3, 0.4) is 0 Å². The molecule has 8 rings (SSSR count). The summed E-state index contributed by atoms with van der Waals surface area (Å²) in [4.78, 5) is 37.8. The molecular weight excluding hydrogens is 951 g/mol. The SMILES string of the molecule is C.C.CC(C)(C)OC(=O)n1cc(-c2cn(-c3ccc(OC(F)(F)F)cc3)c(=O)c3n[nH]nc23)cn1.CCOCC[Si](C)(C)C.O=c1c2n[nH]nc2c(-c2cn[nH]c2)cn1-c1ccc(OC(F)(F)F)cc1. The molecule has 8 aromatic rings. The van der Waals surface area contributed by atoms with Gasteiger partial charge in [0.15, 0.2) is 11.0 Å². The molecule has 70 heavy (non-hydrogen) atoms. The average Bonchev–Trinajstić information content (AvgIpc) is 4.09. The second-order valence-corrected chi connectivity index (χ2v) is 22.3. The number of nitrogens with zero attached hydrogens (tertiary/aromatic N) is 9. The molecule has 0 radical (unpaired) electrons. The number of aromatic nitrogens is 12. The van der Waals surface area contributed by atoms with Crippen LogP contribution < -0.4 is 20.6 Å². The Balaban J connectivity index is 0.000000257. The highest BCUT2D eigenvalue weighted by Crippen LogP contribution is 2.29. The number of H-pyrrole nitrogens is 3. The zero-order valence-corrected chi connectivity index (χ0v) is 38.4. The zero-order valence-electron chi connectivity index (χ0n) is 37.4. The number of carbonyl (C=O) groups is 1. The van der Waals surface area contributed by atoms with Crippen LogP contribution in [0.15, 0.2) is 95.3 Å². The molecule has 6 aromatic heterocycles. The van der Waals surface area contributed by atoms with Gasteiger partial charge in [-0.2, -0.15) is 45.7 Å². The number of hydrogen-bond acceptors (Lipinski definition) is 13. The van der Waals surface area contributed by atoms with Gasteiger partial charge in [0.25, 0.3) is 11.1 Å². The fourth-order valence-electron chi connectivity index (χ4n) is 6.08. The molecule has 6 heterocycles. The summed E-state index contributed by atoms with van der Waals surface area (Å²) in [5.74, 6) is -0.812. The summed E-state index contributed by atoms with van der Waals surface area (Å²) in [7, 11) is -0.819. The summed E-state index contributed by atoms with van der Waals surface area (Å²) in [6.45, 7) is 16.1. The van der Waals surface area contributed by atoms with Crippen LogP contribution in [0.25, 0.3) is 55.7 Å². The first-order chi connectivity index (χ1) is 31.9. The molecule has 0 amide bonds. The van der Waals surface area contributed by atoms with E-state index >= 15 is 0 Å². The highest BCUT2D eigenvalue weighted by Gasteiger charge is 2.32. The zero-order chi connectivity index (χ0) is 49.6. The number of benzene rings is 2. The van der Waals surface area contributed by atoms with Crippen molar-refractivity contribution in [2.75, 3.05) is 13.2 Å². The normalized spacial score (nSPS) is 11.7. The van der Waals surface area contributed by atoms with E-state index < -0.39 is 49.4 Å². The molecule has 0 fully saturated rings. The maximum atomic E-state index is 12.9. The number of ether oxygens (including phenoxy) is 4. The third-order valence-corrected chi connectivity index (χ3v) is 10.9. The maximum absolute atomic E-state index is 12.9. The van der Waals surface area contributed by atoms with Crippen molar-refractivity contribution in [1.29, 1.82) is 0 Å². The lowest BCUT2D eigenvalue weighted by Crippen LogP contribution is -2.27. The molecular formula is C44H52F6N12O7Si. The number of hydrogen-bond donors (Lipinski definition) is 3. The van der Waals surface area contributed by atoms with Crippen molar-refractivity contribution in [3.63, 3.8) is 0 Å². The van der Waals surface area contributed by atoms with Crippen molar-refractivity contribution in [3.05, 3.63) is 106 Å². The van der Waals surface area contributed by atoms with Gasteiger partial charge < -0.3 is 18.9 Å². The molecule has 19 nitrogen and oxygen atoms in total. The Labute approximate surface area is 396 Å². The number of aromatic amines is 3. The van der Waals surface area contributed by atoms with E-state index in [9.17, 15) is 40.7 Å². The topological polar surface area (TPSA) is 228 Å². The number of nitrogens with one attached hydrogen (secondary N) is 3. The lowest BCUT2D eigenvalue weighted by Gasteiger charge is -2.18. The van der Waals surface area contributed by atoms with E-state index in [1.807, 2.05) is 6.92 Å². The molecule has 0 aliphatic heterocycles.